The molecule has 3 aliphatic heterocycles. The third-order valence-electron chi connectivity index (χ3n) is 8.28. The number of fused-ring (bicyclic) bond motifs is 6. The fraction of sp³-hybridized carbons (Fsp3) is 0.852. The van der Waals surface area contributed by atoms with E-state index in [-0.39, 0.29) is 11.8 Å². The van der Waals surface area contributed by atoms with E-state index >= 15 is 0 Å². The SMILES string of the molecule is C[C@@H]1CCCCC2CCC(CC2)SC2=C(SC3CCCCC1C3)C(=O)N(C(C)(C)C)C2=O. The first kappa shape index (κ1) is 24.7. The molecule has 0 radical (unpaired) electrons. The monoisotopic (exact) mass is 477 g/mol. The quantitative estimate of drug-likeness (QED) is 0.338. The Labute approximate surface area is 204 Å². The number of nitrogens with zero attached hydrogens (tertiary/aromatic N) is 1. The highest BCUT2D eigenvalue weighted by Crippen LogP contribution is 2.48. The van der Waals surface area contributed by atoms with Crippen molar-refractivity contribution in [2.24, 2.45) is 17.8 Å². The molecule has 2 amide bonds. The van der Waals surface area contributed by atoms with Gasteiger partial charge in [-0.25, -0.2) is 0 Å². The topological polar surface area (TPSA) is 37.4 Å². The molecule has 5 rings (SSSR count). The summed E-state index contributed by atoms with van der Waals surface area (Å²) in [4.78, 5) is 30.2. The third kappa shape index (κ3) is 5.62. The van der Waals surface area contributed by atoms with E-state index in [0.717, 1.165) is 27.6 Å². The fourth-order valence-electron chi connectivity index (χ4n) is 6.29. The molecule has 4 bridgehead atoms. The number of hydrogen-bond donors (Lipinski definition) is 0. The van der Waals surface area contributed by atoms with Crippen LogP contribution in [0.1, 0.15) is 111 Å². The van der Waals surface area contributed by atoms with Crippen LogP contribution in [0.2, 0.25) is 0 Å². The van der Waals surface area contributed by atoms with Crippen molar-refractivity contribution < 1.29 is 9.59 Å². The second kappa shape index (κ2) is 10.5. The van der Waals surface area contributed by atoms with Crippen molar-refractivity contribution in [3.05, 3.63) is 9.81 Å². The van der Waals surface area contributed by atoms with Gasteiger partial charge in [0.25, 0.3) is 11.8 Å². The van der Waals surface area contributed by atoms with Crippen LogP contribution in [0.3, 0.4) is 0 Å². The van der Waals surface area contributed by atoms with Gasteiger partial charge in [0.2, 0.25) is 0 Å². The summed E-state index contributed by atoms with van der Waals surface area (Å²) in [6, 6.07) is 0. The second-order valence-corrected chi connectivity index (χ2v) is 14.4. The minimum atomic E-state index is -0.473. The van der Waals surface area contributed by atoms with Crippen LogP contribution in [0, 0.1) is 17.8 Å². The number of carbonyl (C=O) groups excluding carboxylic acids is 2. The number of rotatable bonds is 0. The summed E-state index contributed by atoms with van der Waals surface area (Å²) in [6.07, 6.45) is 16.8. The smallest absolute Gasteiger partial charge is 0.268 e. The van der Waals surface area contributed by atoms with E-state index in [2.05, 4.69) is 6.92 Å². The van der Waals surface area contributed by atoms with Crippen molar-refractivity contribution in [3.8, 4) is 0 Å². The molecular formula is C27H43NO2S2. The number of amides is 2. The van der Waals surface area contributed by atoms with Crippen LogP contribution < -0.4 is 0 Å². The molecular weight excluding hydrogens is 434 g/mol. The van der Waals surface area contributed by atoms with Gasteiger partial charge in [0.15, 0.2) is 0 Å². The summed E-state index contributed by atoms with van der Waals surface area (Å²) in [5.74, 6) is 2.35. The average Bonchev–Trinajstić information content (AvgIpc) is 2.89. The molecule has 2 aliphatic carbocycles. The molecule has 3 nitrogen and oxygen atoms in total. The summed E-state index contributed by atoms with van der Waals surface area (Å²) >= 11 is 3.52. The van der Waals surface area contributed by atoms with Crippen molar-refractivity contribution in [1.29, 1.82) is 0 Å². The molecule has 5 heteroatoms. The minimum absolute atomic E-state index is 0.0290. The van der Waals surface area contributed by atoms with Crippen LogP contribution in [0.5, 0.6) is 0 Å². The Kier molecular flexibility index (Phi) is 8.07. The lowest BCUT2D eigenvalue weighted by Crippen LogP contribution is -2.46. The van der Waals surface area contributed by atoms with Gasteiger partial charge in [-0.1, -0.05) is 51.9 Å². The summed E-state index contributed by atoms with van der Waals surface area (Å²) < 4.78 is 0. The van der Waals surface area contributed by atoms with Gasteiger partial charge in [0.05, 0.1) is 9.81 Å². The second-order valence-electron chi connectivity index (χ2n) is 11.8. The Morgan fingerprint density at radius 2 is 1.28 bits per heavy atom. The summed E-state index contributed by atoms with van der Waals surface area (Å²) in [6.45, 7) is 8.44. The Hall–Kier alpha value is -0.420. The molecule has 0 aromatic heterocycles. The van der Waals surface area contributed by atoms with Gasteiger partial charge >= 0.3 is 0 Å². The molecule has 3 heterocycles. The highest BCUT2D eigenvalue weighted by Gasteiger charge is 2.46. The zero-order valence-corrected chi connectivity index (χ0v) is 22.3. The Bertz CT molecular complexity index is 732. The van der Waals surface area contributed by atoms with Crippen molar-refractivity contribution in [3.63, 3.8) is 0 Å². The maximum Gasteiger partial charge on any atom is 0.269 e. The average molecular weight is 478 g/mol. The van der Waals surface area contributed by atoms with Gasteiger partial charge in [-0.15, -0.1) is 23.5 Å². The van der Waals surface area contributed by atoms with E-state index in [4.69, 9.17) is 0 Å². The van der Waals surface area contributed by atoms with Gasteiger partial charge in [0.1, 0.15) is 0 Å². The number of thioether (sulfide) groups is 2. The maximum absolute atomic E-state index is 13.6. The molecule has 0 aromatic rings. The van der Waals surface area contributed by atoms with Crippen LogP contribution in [-0.4, -0.2) is 32.8 Å². The van der Waals surface area contributed by atoms with Gasteiger partial charge in [-0.05, 0) is 77.0 Å². The third-order valence-corrected chi connectivity index (χ3v) is 11.2. The maximum atomic E-state index is 13.6. The van der Waals surface area contributed by atoms with Crippen LogP contribution in [-0.2, 0) is 9.59 Å². The lowest BCUT2D eigenvalue weighted by Gasteiger charge is -2.31. The van der Waals surface area contributed by atoms with Crippen molar-refractivity contribution in [2.45, 2.75) is 127 Å². The molecule has 0 aromatic carbocycles. The van der Waals surface area contributed by atoms with E-state index in [1.165, 1.54) is 83.5 Å². The lowest BCUT2D eigenvalue weighted by atomic mass is 9.82. The van der Waals surface area contributed by atoms with Crippen LogP contribution in [0.4, 0.5) is 0 Å². The lowest BCUT2D eigenvalue weighted by molar-refractivity contribution is -0.142. The van der Waals surface area contributed by atoms with E-state index in [9.17, 15) is 9.59 Å². The van der Waals surface area contributed by atoms with Crippen molar-refractivity contribution in [1.82, 2.24) is 4.90 Å². The van der Waals surface area contributed by atoms with Crippen molar-refractivity contribution >= 4 is 35.3 Å². The zero-order chi connectivity index (χ0) is 22.9. The number of hydrogen-bond acceptors (Lipinski definition) is 4. The van der Waals surface area contributed by atoms with E-state index in [1.54, 1.807) is 28.4 Å². The van der Waals surface area contributed by atoms with Crippen molar-refractivity contribution in [2.75, 3.05) is 0 Å². The Balaban J connectivity index is 1.63. The summed E-state index contributed by atoms with van der Waals surface area (Å²) in [7, 11) is 0. The number of carbonyl (C=O) groups is 2. The van der Waals surface area contributed by atoms with Crippen LogP contribution in [0.15, 0.2) is 9.81 Å². The predicted octanol–water partition coefficient (Wildman–Crippen LogP) is 7.55. The standard InChI is InChI=1S/C27H43NO2S2/c1-18-9-5-6-10-19-13-15-21(16-14-19)31-23-24(26(30)28(25(23)29)27(2,3)4)32-22-12-8-7-11-20(18)17-22/h18-22H,5-17H2,1-4H3/t18-,19?,20?,21?,22?/m1/s1. The predicted molar refractivity (Wildman–Crippen MR) is 138 cm³/mol. The summed E-state index contributed by atoms with van der Waals surface area (Å²) in [5.41, 5.74) is -0.473. The molecule has 3 atom stereocenters. The van der Waals surface area contributed by atoms with E-state index in [0.29, 0.717) is 10.5 Å². The van der Waals surface area contributed by atoms with E-state index < -0.39 is 5.54 Å². The van der Waals surface area contributed by atoms with Crippen LogP contribution >= 0.6 is 23.5 Å². The summed E-state index contributed by atoms with van der Waals surface area (Å²) in [5, 5.41) is 0.958. The molecule has 0 spiro atoms. The Morgan fingerprint density at radius 1 is 0.719 bits per heavy atom. The molecule has 5 aliphatic rings. The molecule has 2 saturated carbocycles. The van der Waals surface area contributed by atoms with Gasteiger partial charge in [-0.2, -0.15) is 0 Å². The Morgan fingerprint density at radius 3 is 1.94 bits per heavy atom. The van der Waals surface area contributed by atoms with Gasteiger partial charge in [0, 0.05) is 16.0 Å². The van der Waals surface area contributed by atoms with Crippen LogP contribution in [0.25, 0.3) is 0 Å². The van der Waals surface area contributed by atoms with Gasteiger partial charge < -0.3 is 0 Å². The first-order valence-electron chi connectivity index (χ1n) is 13.2. The van der Waals surface area contributed by atoms with E-state index in [1.807, 2.05) is 20.8 Å². The molecule has 0 saturated heterocycles. The molecule has 32 heavy (non-hydrogen) atoms. The first-order valence-corrected chi connectivity index (χ1v) is 15.0. The molecule has 2 fully saturated rings. The molecule has 0 N–H and O–H groups in total. The number of imide groups is 1. The zero-order valence-electron chi connectivity index (χ0n) is 20.7. The highest BCUT2D eigenvalue weighted by atomic mass is 32.2. The fourth-order valence-corrected chi connectivity index (χ4v) is 9.15. The first-order chi connectivity index (χ1) is 15.2. The molecule has 180 valence electrons. The van der Waals surface area contributed by atoms with Gasteiger partial charge in [-0.3, -0.25) is 14.5 Å². The minimum Gasteiger partial charge on any atom is -0.268 e. The molecule has 2 unspecified atom stereocenters. The highest BCUT2D eigenvalue weighted by molar-refractivity contribution is 8.08. The normalized spacial score (nSPS) is 35.8. The largest absolute Gasteiger partial charge is 0.269 e.